The van der Waals surface area contributed by atoms with Gasteiger partial charge in [-0.15, -0.1) is 0 Å². The second kappa shape index (κ2) is 11.7. The van der Waals surface area contributed by atoms with Gasteiger partial charge < -0.3 is 25.8 Å². The largest absolute Gasteiger partial charge is 0.457 e. The fraction of sp³-hybridized carbons (Fsp3) is 0.657. The second-order valence-electron chi connectivity index (χ2n) is 14.4. The number of aliphatic hydroxyl groups is 3. The molecule has 0 bridgehead atoms. The molecule has 1 aromatic carbocycles. The van der Waals surface area contributed by atoms with E-state index in [2.05, 4.69) is 0 Å². The Hall–Kier alpha value is -2.46. The van der Waals surface area contributed by atoms with E-state index in [4.69, 9.17) is 10.5 Å². The topological polar surface area (TPSA) is 130 Å². The molecule has 2 saturated carbocycles. The van der Waals surface area contributed by atoms with Gasteiger partial charge in [-0.3, -0.25) is 9.59 Å². The fourth-order valence-electron chi connectivity index (χ4n) is 8.85. The number of rotatable bonds is 11. The van der Waals surface area contributed by atoms with E-state index in [1.807, 2.05) is 26.8 Å². The summed E-state index contributed by atoms with van der Waals surface area (Å²) >= 11 is 0. The van der Waals surface area contributed by atoms with Crippen molar-refractivity contribution in [3.8, 4) is 0 Å². The third-order valence-corrected chi connectivity index (χ3v) is 11.4. The summed E-state index contributed by atoms with van der Waals surface area (Å²) in [6, 6.07) is 5.63. The maximum absolute atomic E-state index is 13.4. The van der Waals surface area contributed by atoms with Gasteiger partial charge in [-0.2, -0.15) is 0 Å². The van der Waals surface area contributed by atoms with Crippen LogP contribution < -0.4 is 5.73 Å². The van der Waals surface area contributed by atoms with E-state index in [1.54, 1.807) is 25.1 Å². The lowest BCUT2D eigenvalue weighted by Crippen LogP contribution is -2.61. The molecule has 0 spiro atoms. The van der Waals surface area contributed by atoms with Crippen molar-refractivity contribution >= 4 is 11.8 Å². The number of nitrogens with two attached hydrogens (primary N) is 1. The van der Waals surface area contributed by atoms with Crippen LogP contribution in [0.15, 0.2) is 47.6 Å². The van der Waals surface area contributed by atoms with Crippen LogP contribution in [-0.2, 0) is 20.7 Å². The minimum absolute atomic E-state index is 0.0266. The lowest BCUT2D eigenvalue weighted by atomic mass is 9.60. The Labute approximate surface area is 258 Å². The Morgan fingerprint density at radius 3 is 2.39 bits per heavy atom. The van der Waals surface area contributed by atoms with E-state index in [1.165, 1.54) is 12.1 Å². The van der Waals surface area contributed by atoms with E-state index < -0.39 is 64.2 Å². The number of fused-ring (bicyclic) bond motifs is 5. The van der Waals surface area contributed by atoms with Crippen LogP contribution in [-0.4, -0.2) is 56.5 Å². The zero-order valence-corrected chi connectivity index (χ0v) is 26.2. The van der Waals surface area contributed by atoms with Crippen molar-refractivity contribution in [2.45, 2.75) is 108 Å². The molecule has 0 heterocycles. The first-order chi connectivity index (χ1) is 20.6. The van der Waals surface area contributed by atoms with Gasteiger partial charge in [0.05, 0.1) is 12.2 Å². The van der Waals surface area contributed by atoms with Gasteiger partial charge in [0.2, 0.25) is 0 Å². The monoisotopic (exact) mass is 615 g/mol. The van der Waals surface area contributed by atoms with Crippen molar-refractivity contribution in [3.63, 3.8) is 0 Å². The van der Waals surface area contributed by atoms with Crippen LogP contribution in [0.5, 0.6) is 0 Å². The van der Waals surface area contributed by atoms with Crippen LogP contribution in [0.1, 0.15) is 90.2 Å². The van der Waals surface area contributed by atoms with Gasteiger partial charge in [-0.25, -0.2) is 8.78 Å². The molecule has 7 nitrogen and oxygen atoms in total. The van der Waals surface area contributed by atoms with E-state index >= 15 is 0 Å². The zero-order chi connectivity index (χ0) is 32.2. The predicted octanol–water partition coefficient (Wildman–Crippen LogP) is 4.97. The van der Waals surface area contributed by atoms with Crippen LogP contribution in [0.3, 0.4) is 0 Å². The number of carbonyl (C=O) groups is 2. The molecule has 44 heavy (non-hydrogen) atoms. The Morgan fingerprint density at radius 1 is 1.09 bits per heavy atom. The van der Waals surface area contributed by atoms with Crippen LogP contribution in [0.2, 0.25) is 0 Å². The average Bonchev–Trinajstić information content (AvgIpc) is 3.38. The number of alkyl halides is 2. The molecule has 1 aromatic rings. The highest BCUT2D eigenvalue weighted by atomic mass is 19.3. The molecule has 0 saturated heterocycles. The van der Waals surface area contributed by atoms with E-state index in [-0.39, 0.29) is 24.5 Å². The predicted molar refractivity (Wildman–Crippen MR) is 161 cm³/mol. The number of benzene rings is 1. The lowest BCUT2D eigenvalue weighted by molar-refractivity contribution is -0.187. The van der Waals surface area contributed by atoms with Gasteiger partial charge in [0, 0.05) is 35.2 Å². The summed E-state index contributed by atoms with van der Waals surface area (Å²) in [5, 5.41) is 34.2. The van der Waals surface area contributed by atoms with Crippen LogP contribution >= 0.6 is 0 Å². The minimum atomic E-state index is -2.46. The summed E-state index contributed by atoms with van der Waals surface area (Å²) in [6.45, 7) is 7.21. The first kappa shape index (κ1) is 32.9. The van der Waals surface area contributed by atoms with Crippen molar-refractivity contribution < 1.29 is 38.4 Å². The number of esters is 1. The molecule has 0 radical (unpaired) electrons. The Balaban J connectivity index is 1.21. The third kappa shape index (κ3) is 5.17. The Morgan fingerprint density at radius 2 is 1.75 bits per heavy atom. The maximum atomic E-state index is 13.4. The molecule has 4 aliphatic rings. The standard InChI is InChI=1S/C35H47F2NO6/c1-20-15-27-33(42,29(20)40)18-23(19-39)16-25-28-32(3,4)34(28,17-21(2)35(25,27)43)44-31(41)26(38)10-8-6-5-7-9-22-11-13-24(14-12-22)30(36)37/h11-16,21,25-28,30,39,42-43H,5-10,17-19,38H2,1-4H3/t21-,25+,26+,27-,28-,33-,34+,35-/m1/s1. The number of ether oxygens (including phenoxy) is 1. The number of unbranched alkanes of at least 4 members (excludes halogenated alkanes) is 3. The number of aliphatic hydroxyl groups excluding tert-OH is 1. The van der Waals surface area contributed by atoms with Gasteiger partial charge in [-0.05, 0) is 55.2 Å². The average molecular weight is 616 g/mol. The lowest BCUT2D eigenvalue weighted by Gasteiger charge is -2.50. The molecule has 0 aromatic heterocycles. The summed E-state index contributed by atoms with van der Waals surface area (Å²) in [4.78, 5) is 26.5. The quantitative estimate of drug-likeness (QED) is 0.157. The fourth-order valence-corrected chi connectivity index (χ4v) is 8.85. The molecule has 5 rings (SSSR count). The highest BCUT2D eigenvalue weighted by Crippen LogP contribution is 2.76. The highest BCUT2D eigenvalue weighted by molar-refractivity contribution is 6.04. The molecule has 5 N–H and O–H groups in total. The number of Topliss-reactive ketones (excluding diaryl/α,β-unsaturated/α-hetero) is 1. The maximum Gasteiger partial charge on any atom is 0.323 e. The van der Waals surface area contributed by atoms with Gasteiger partial charge >= 0.3 is 5.97 Å². The number of hydrogen-bond acceptors (Lipinski definition) is 7. The van der Waals surface area contributed by atoms with Crippen LogP contribution in [0, 0.1) is 29.1 Å². The van der Waals surface area contributed by atoms with Crippen molar-refractivity contribution in [3.05, 3.63) is 58.7 Å². The van der Waals surface area contributed by atoms with Gasteiger partial charge in [0.1, 0.15) is 17.2 Å². The normalized spacial score (nSPS) is 36.0. The van der Waals surface area contributed by atoms with E-state index in [0.29, 0.717) is 24.0 Å². The molecule has 9 heteroatoms. The first-order valence-electron chi connectivity index (χ1n) is 16.0. The Bertz CT molecular complexity index is 1340. The van der Waals surface area contributed by atoms with Crippen molar-refractivity contribution in [2.24, 2.45) is 34.8 Å². The molecule has 242 valence electrons. The van der Waals surface area contributed by atoms with Crippen molar-refractivity contribution in [1.82, 2.24) is 0 Å². The van der Waals surface area contributed by atoms with E-state index in [9.17, 15) is 33.7 Å². The van der Waals surface area contributed by atoms with E-state index in [0.717, 1.165) is 37.7 Å². The summed E-state index contributed by atoms with van der Waals surface area (Å²) in [6.07, 6.45) is 6.10. The molecule has 0 amide bonds. The highest BCUT2D eigenvalue weighted by Gasteiger charge is 2.83. The number of carbonyl (C=O) groups excluding carboxylic acids is 2. The van der Waals surface area contributed by atoms with Crippen LogP contribution in [0.25, 0.3) is 0 Å². The third-order valence-electron chi connectivity index (χ3n) is 11.4. The summed E-state index contributed by atoms with van der Waals surface area (Å²) in [5.41, 5.74) is 3.61. The summed E-state index contributed by atoms with van der Waals surface area (Å²) in [5.74, 6) is -2.99. The number of hydrogen-bond donors (Lipinski definition) is 4. The number of aryl methyl sites for hydroxylation is 1. The summed E-state index contributed by atoms with van der Waals surface area (Å²) < 4.78 is 31.8. The van der Waals surface area contributed by atoms with Crippen molar-refractivity contribution in [1.29, 1.82) is 0 Å². The first-order valence-corrected chi connectivity index (χ1v) is 16.0. The number of ketones is 1. The SMILES string of the molecule is CC1=C[C@H]2[C@@]3(O)[C@H](C)C[C@]4(OC(=O)[C@@H](N)CCCCCCc5ccc(C(F)F)cc5)[C@H]([C@@H]3C=C(CO)C[C@]2(O)C1=O)C4(C)C. The van der Waals surface area contributed by atoms with Crippen LogP contribution in [0.4, 0.5) is 8.78 Å². The minimum Gasteiger partial charge on any atom is -0.457 e. The zero-order valence-electron chi connectivity index (χ0n) is 26.2. The van der Waals surface area contributed by atoms with Gasteiger partial charge in [-0.1, -0.05) is 76.5 Å². The van der Waals surface area contributed by atoms with Crippen molar-refractivity contribution in [2.75, 3.05) is 6.61 Å². The molecular formula is C35H47F2NO6. The smallest absolute Gasteiger partial charge is 0.323 e. The molecular weight excluding hydrogens is 568 g/mol. The molecule has 2 fully saturated rings. The number of halogens is 2. The molecule has 4 aliphatic carbocycles. The molecule has 8 atom stereocenters. The van der Waals surface area contributed by atoms with Gasteiger partial charge in [0.25, 0.3) is 6.43 Å². The van der Waals surface area contributed by atoms with Gasteiger partial charge in [0.15, 0.2) is 5.78 Å². The Kier molecular flexibility index (Phi) is 8.77. The molecule has 0 aliphatic heterocycles. The summed E-state index contributed by atoms with van der Waals surface area (Å²) in [7, 11) is 0. The second-order valence-corrected chi connectivity index (χ2v) is 14.4. The molecule has 0 unspecified atom stereocenters.